The van der Waals surface area contributed by atoms with E-state index in [-0.39, 0.29) is 5.97 Å². The number of hydrogen-bond donors (Lipinski definition) is 1. The summed E-state index contributed by atoms with van der Waals surface area (Å²) in [5.41, 5.74) is 3.23. The first kappa shape index (κ1) is 17.0. The summed E-state index contributed by atoms with van der Waals surface area (Å²) in [4.78, 5) is 19.5. The van der Waals surface area contributed by atoms with Crippen LogP contribution in [-0.2, 0) is 9.53 Å². The lowest BCUT2D eigenvalue weighted by molar-refractivity contribution is -0.158. The molecule has 0 amide bonds. The second-order valence-electron chi connectivity index (χ2n) is 6.40. The normalized spacial score (nSPS) is 11.5. The van der Waals surface area contributed by atoms with Crippen molar-refractivity contribution in [3.63, 3.8) is 0 Å². The van der Waals surface area contributed by atoms with Crippen LogP contribution in [-0.4, -0.2) is 28.1 Å². The van der Waals surface area contributed by atoms with E-state index >= 15 is 0 Å². The van der Waals surface area contributed by atoms with Gasteiger partial charge in [-0.05, 0) is 63.6 Å². The van der Waals surface area contributed by atoms with Gasteiger partial charge in [-0.15, -0.1) is 0 Å². The van der Waals surface area contributed by atoms with Gasteiger partial charge in [0.1, 0.15) is 5.75 Å². The highest BCUT2D eigenvalue weighted by molar-refractivity contribution is 5.98. The number of nitrogens with zero attached hydrogens (tertiary/aromatic N) is 1. The lowest BCUT2D eigenvalue weighted by atomic mass is 10.0. The number of fused-ring (bicyclic) bond motifs is 1. The van der Waals surface area contributed by atoms with Crippen LogP contribution in [0.3, 0.4) is 0 Å². The number of nitrogens with one attached hydrogen (secondary N) is 1. The minimum absolute atomic E-state index is 0.327. The Bertz CT molecular complexity index is 898. The number of hydrogen-bond acceptors (Lipinski definition) is 4. The van der Waals surface area contributed by atoms with E-state index in [1.54, 1.807) is 33.2 Å². The fraction of sp³-hybridized carbons (Fsp3) is 0.300. The highest BCUT2D eigenvalue weighted by Gasteiger charge is 2.31. The average molecular weight is 338 g/mol. The number of aromatic nitrogens is 2. The van der Waals surface area contributed by atoms with Gasteiger partial charge >= 0.3 is 5.97 Å². The Kier molecular flexibility index (Phi) is 4.49. The first-order valence-corrected chi connectivity index (χ1v) is 8.31. The number of pyridine rings is 1. The number of H-pyrrole nitrogens is 1. The summed E-state index contributed by atoms with van der Waals surface area (Å²) < 4.78 is 11.0. The first-order valence-electron chi connectivity index (χ1n) is 8.31. The van der Waals surface area contributed by atoms with E-state index in [0.717, 1.165) is 27.7 Å². The summed E-state index contributed by atoms with van der Waals surface area (Å²) in [5.74, 6) is 0.245. The lowest BCUT2D eigenvalue weighted by Crippen LogP contribution is -2.39. The summed E-state index contributed by atoms with van der Waals surface area (Å²) in [6.45, 7) is 7.57. The first-order chi connectivity index (χ1) is 11.9. The number of benzene rings is 1. The van der Waals surface area contributed by atoms with Crippen molar-refractivity contribution in [2.24, 2.45) is 0 Å². The molecule has 130 valence electrons. The Morgan fingerprint density at radius 3 is 2.60 bits per heavy atom. The minimum Gasteiger partial charge on any atom is -0.476 e. The van der Waals surface area contributed by atoms with Crippen molar-refractivity contribution in [1.82, 2.24) is 9.97 Å². The zero-order valence-corrected chi connectivity index (χ0v) is 14.9. The molecule has 0 aliphatic heterocycles. The molecule has 3 rings (SSSR count). The Labute approximate surface area is 147 Å². The third kappa shape index (κ3) is 3.36. The van der Waals surface area contributed by atoms with Crippen LogP contribution in [0.25, 0.3) is 22.0 Å². The average Bonchev–Trinajstić information content (AvgIpc) is 2.90. The van der Waals surface area contributed by atoms with Crippen molar-refractivity contribution >= 4 is 16.9 Å². The van der Waals surface area contributed by atoms with Crippen molar-refractivity contribution in [3.05, 3.63) is 48.4 Å². The van der Waals surface area contributed by atoms with E-state index in [2.05, 4.69) is 9.97 Å². The van der Waals surface area contributed by atoms with Crippen LogP contribution in [0.15, 0.2) is 42.7 Å². The largest absolute Gasteiger partial charge is 0.476 e. The highest BCUT2D eigenvalue weighted by Crippen LogP contribution is 2.34. The molecule has 5 nitrogen and oxygen atoms in total. The van der Waals surface area contributed by atoms with Crippen molar-refractivity contribution in [2.45, 2.75) is 33.3 Å². The van der Waals surface area contributed by atoms with Crippen LogP contribution in [0.4, 0.5) is 0 Å². The van der Waals surface area contributed by atoms with E-state index in [1.165, 1.54) is 0 Å². The van der Waals surface area contributed by atoms with Crippen LogP contribution in [0.1, 0.15) is 26.5 Å². The molecule has 5 heteroatoms. The summed E-state index contributed by atoms with van der Waals surface area (Å²) >= 11 is 0. The number of aryl methyl sites for hydroxylation is 1. The fourth-order valence-corrected chi connectivity index (χ4v) is 2.90. The van der Waals surface area contributed by atoms with Gasteiger partial charge in [0.2, 0.25) is 0 Å². The molecule has 25 heavy (non-hydrogen) atoms. The van der Waals surface area contributed by atoms with Gasteiger partial charge in [0, 0.05) is 34.6 Å². The third-order valence-corrected chi connectivity index (χ3v) is 4.07. The van der Waals surface area contributed by atoms with Crippen molar-refractivity contribution in [1.29, 1.82) is 0 Å². The molecular weight excluding hydrogens is 316 g/mol. The molecule has 0 fully saturated rings. The number of ether oxygens (including phenoxy) is 2. The summed E-state index contributed by atoms with van der Waals surface area (Å²) in [6, 6.07) is 9.73. The van der Waals surface area contributed by atoms with E-state index in [1.807, 2.05) is 37.3 Å². The van der Waals surface area contributed by atoms with Gasteiger partial charge < -0.3 is 14.5 Å². The number of carbonyl (C=O) groups is 1. The second-order valence-corrected chi connectivity index (χ2v) is 6.40. The summed E-state index contributed by atoms with van der Waals surface area (Å²) in [7, 11) is 0. The Morgan fingerprint density at radius 2 is 1.92 bits per heavy atom. The SMILES string of the molecule is CCOC(=O)C(C)(C)Oc1ccc2[nH]c(C)c(-c3ccncc3)c2c1. The van der Waals surface area contributed by atoms with Crippen LogP contribution < -0.4 is 4.74 Å². The molecule has 0 saturated heterocycles. The number of aromatic amines is 1. The molecule has 1 aromatic carbocycles. The number of esters is 1. The van der Waals surface area contributed by atoms with Crippen LogP contribution in [0.2, 0.25) is 0 Å². The molecule has 0 saturated carbocycles. The maximum atomic E-state index is 12.1. The summed E-state index contributed by atoms with van der Waals surface area (Å²) in [5, 5.41) is 1.04. The van der Waals surface area contributed by atoms with Gasteiger partial charge in [-0.2, -0.15) is 0 Å². The lowest BCUT2D eigenvalue weighted by Gasteiger charge is -2.24. The topological polar surface area (TPSA) is 64.2 Å². The van der Waals surface area contributed by atoms with Crippen molar-refractivity contribution in [2.75, 3.05) is 6.61 Å². The van der Waals surface area contributed by atoms with Gasteiger partial charge in [0.15, 0.2) is 5.60 Å². The molecule has 0 atom stereocenters. The van der Waals surface area contributed by atoms with Crippen LogP contribution in [0, 0.1) is 6.92 Å². The smallest absolute Gasteiger partial charge is 0.349 e. The second kappa shape index (κ2) is 6.59. The van der Waals surface area contributed by atoms with Crippen LogP contribution >= 0.6 is 0 Å². The van der Waals surface area contributed by atoms with Crippen molar-refractivity contribution < 1.29 is 14.3 Å². The van der Waals surface area contributed by atoms with E-state index < -0.39 is 5.60 Å². The van der Waals surface area contributed by atoms with E-state index in [4.69, 9.17) is 9.47 Å². The molecule has 0 aliphatic carbocycles. The predicted octanol–water partition coefficient (Wildman–Crippen LogP) is 4.26. The molecule has 2 heterocycles. The zero-order valence-electron chi connectivity index (χ0n) is 14.9. The quantitative estimate of drug-likeness (QED) is 0.706. The summed E-state index contributed by atoms with van der Waals surface area (Å²) in [6.07, 6.45) is 3.55. The molecule has 3 aromatic rings. The fourth-order valence-electron chi connectivity index (χ4n) is 2.90. The van der Waals surface area contributed by atoms with Gasteiger partial charge in [0.05, 0.1) is 6.61 Å². The molecular formula is C20H22N2O3. The molecule has 1 N–H and O–H groups in total. The monoisotopic (exact) mass is 338 g/mol. The Hall–Kier alpha value is -2.82. The molecule has 0 aliphatic rings. The number of rotatable bonds is 5. The maximum absolute atomic E-state index is 12.1. The Balaban J connectivity index is 2.01. The van der Waals surface area contributed by atoms with E-state index in [0.29, 0.717) is 12.4 Å². The molecule has 0 spiro atoms. The minimum atomic E-state index is -1.05. The van der Waals surface area contributed by atoms with Crippen LogP contribution in [0.5, 0.6) is 5.75 Å². The molecule has 2 aromatic heterocycles. The number of carbonyl (C=O) groups excluding carboxylic acids is 1. The molecule has 0 unspecified atom stereocenters. The predicted molar refractivity (Wildman–Crippen MR) is 97.6 cm³/mol. The van der Waals surface area contributed by atoms with E-state index in [9.17, 15) is 4.79 Å². The zero-order chi connectivity index (χ0) is 18.0. The third-order valence-electron chi connectivity index (χ3n) is 4.07. The van der Waals surface area contributed by atoms with Gasteiger partial charge in [-0.3, -0.25) is 4.98 Å². The van der Waals surface area contributed by atoms with Gasteiger partial charge in [-0.1, -0.05) is 0 Å². The Morgan fingerprint density at radius 1 is 1.20 bits per heavy atom. The maximum Gasteiger partial charge on any atom is 0.349 e. The molecule has 0 bridgehead atoms. The standard InChI is InChI=1S/C20H22N2O3/c1-5-24-19(23)20(3,4)25-15-6-7-17-16(12-15)18(13(2)22-17)14-8-10-21-11-9-14/h6-12,22H,5H2,1-4H3. The van der Waals surface area contributed by atoms with Crippen molar-refractivity contribution in [3.8, 4) is 16.9 Å². The highest BCUT2D eigenvalue weighted by atomic mass is 16.6. The molecule has 0 radical (unpaired) electrons. The van der Waals surface area contributed by atoms with Gasteiger partial charge in [-0.25, -0.2) is 4.79 Å². The van der Waals surface area contributed by atoms with Gasteiger partial charge in [0.25, 0.3) is 0 Å².